The highest BCUT2D eigenvalue weighted by Crippen LogP contribution is 2.28. The van der Waals surface area contributed by atoms with Crippen LogP contribution in [0.15, 0.2) is 12.1 Å². The molecule has 0 bridgehead atoms. The van der Waals surface area contributed by atoms with E-state index in [-0.39, 0.29) is 6.04 Å². The normalized spacial score (nSPS) is 12.6. The molecule has 3 heteroatoms. The highest BCUT2D eigenvalue weighted by molar-refractivity contribution is 6.32. The Morgan fingerprint density at radius 2 is 2.12 bits per heavy atom. The molecule has 1 aromatic rings. The summed E-state index contributed by atoms with van der Waals surface area (Å²) in [7, 11) is 1.64. The van der Waals surface area contributed by atoms with Crippen molar-refractivity contribution in [3.8, 4) is 5.75 Å². The largest absolute Gasteiger partial charge is 0.495 e. The predicted octanol–water partition coefficient (Wildman–Crippen LogP) is 3.33. The lowest BCUT2D eigenvalue weighted by molar-refractivity contribution is 0.414. The Labute approximate surface area is 103 Å². The minimum absolute atomic E-state index is 0.272. The summed E-state index contributed by atoms with van der Waals surface area (Å²) in [6, 6.07) is 4.26. The van der Waals surface area contributed by atoms with Gasteiger partial charge in [0.25, 0.3) is 0 Å². The van der Waals surface area contributed by atoms with Gasteiger partial charge in [-0.3, -0.25) is 0 Å². The fourth-order valence-electron chi connectivity index (χ4n) is 1.74. The lowest BCUT2D eigenvalue weighted by atomic mass is 10.0. The second kappa shape index (κ2) is 6.12. The zero-order valence-corrected chi connectivity index (χ0v) is 11.0. The highest BCUT2D eigenvalue weighted by Gasteiger charge is 2.06. The molecule has 0 heterocycles. The van der Waals surface area contributed by atoms with Gasteiger partial charge < -0.3 is 10.5 Å². The third kappa shape index (κ3) is 3.69. The molecule has 1 rings (SSSR count). The first kappa shape index (κ1) is 13.3. The van der Waals surface area contributed by atoms with E-state index < -0.39 is 0 Å². The molecule has 1 unspecified atom stereocenters. The molecule has 1 atom stereocenters. The molecule has 0 spiro atoms. The van der Waals surface area contributed by atoms with Crippen molar-refractivity contribution in [1.29, 1.82) is 0 Å². The van der Waals surface area contributed by atoms with Gasteiger partial charge in [0, 0.05) is 6.04 Å². The van der Waals surface area contributed by atoms with E-state index in [9.17, 15) is 0 Å². The van der Waals surface area contributed by atoms with E-state index in [0.717, 1.165) is 25.0 Å². The maximum Gasteiger partial charge on any atom is 0.137 e. The number of benzene rings is 1. The third-order valence-electron chi connectivity index (χ3n) is 2.72. The molecule has 2 nitrogen and oxygen atoms in total. The van der Waals surface area contributed by atoms with E-state index in [1.54, 1.807) is 7.11 Å². The smallest absolute Gasteiger partial charge is 0.137 e. The standard InChI is InChI=1S/C13H20ClNO/c1-9-7-13(16-3)12(14)8-11(9)6-4-5-10(2)15/h7-8,10H,4-6,15H2,1-3H3. The van der Waals surface area contributed by atoms with Gasteiger partial charge in [-0.2, -0.15) is 0 Å². The third-order valence-corrected chi connectivity index (χ3v) is 3.01. The summed E-state index contributed by atoms with van der Waals surface area (Å²) in [4.78, 5) is 0. The van der Waals surface area contributed by atoms with Gasteiger partial charge in [-0.25, -0.2) is 0 Å². The van der Waals surface area contributed by atoms with Gasteiger partial charge >= 0.3 is 0 Å². The predicted molar refractivity (Wildman–Crippen MR) is 69.3 cm³/mol. The van der Waals surface area contributed by atoms with Gasteiger partial charge in [0.2, 0.25) is 0 Å². The molecule has 0 saturated heterocycles. The zero-order valence-electron chi connectivity index (χ0n) is 10.2. The molecule has 0 amide bonds. The molecule has 90 valence electrons. The van der Waals surface area contributed by atoms with Gasteiger partial charge in [-0.05, 0) is 56.4 Å². The van der Waals surface area contributed by atoms with Crippen molar-refractivity contribution < 1.29 is 4.74 Å². The van der Waals surface area contributed by atoms with E-state index >= 15 is 0 Å². The lowest BCUT2D eigenvalue weighted by Gasteiger charge is -2.11. The Kier molecular flexibility index (Phi) is 5.10. The van der Waals surface area contributed by atoms with Crippen molar-refractivity contribution >= 4 is 11.6 Å². The maximum absolute atomic E-state index is 6.09. The maximum atomic E-state index is 6.09. The highest BCUT2D eigenvalue weighted by atomic mass is 35.5. The molecular formula is C13H20ClNO. The van der Waals surface area contributed by atoms with Crippen LogP contribution in [0.5, 0.6) is 5.75 Å². The van der Waals surface area contributed by atoms with E-state index in [1.807, 2.05) is 19.1 Å². The summed E-state index contributed by atoms with van der Waals surface area (Å²) < 4.78 is 5.17. The number of nitrogens with two attached hydrogens (primary N) is 1. The van der Waals surface area contributed by atoms with Crippen LogP contribution in [0.25, 0.3) is 0 Å². The van der Waals surface area contributed by atoms with Crippen LogP contribution in [0.3, 0.4) is 0 Å². The Bertz CT molecular complexity index is 350. The molecule has 0 radical (unpaired) electrons. The van der Waals surface area contributed by atoms with Gasteiger partial charge in [-0.15, -0.1) is 0 Å². The summed E-state index contributed by atoms with van der Waals surface area (Å²) >= 11 is 6.09. The molecule has 1 aromatic carbocycles. The first-order chi connectivity index (χ1) is 7.54. The van der Waals surface area contributed by atoms with E-state index in [0.29, 0.717) is 5.02 Å². The van der Waals surface area contributed by atoms with Gasteiger partial charge in [-0.1, -0.05) is 11.6 Å². The molecule has 0 aliphatic carbocycles. The molecular weight excluding hydrogens is 222 g/mol. The van der Waals surface area contributed by atoms with Crippen LogP contribution < -0.4 is 10.5 Å². The average molecular weight is 242 g/mol. The van der Waals surface area contributed by atoms with Crippen LogP contribution in [0.2, 0.25) is 5.02 Å². The quantitative estimate of drug-likeness (QED) is 0.858. The van der Waals surface area contributed by atoms with Crippen LogP contribution in [-0.4, -0.2) is 13.2 Å². The second-order valence-electron chi connectivity index (χ2n) is 4.28. The monoisotopic (exact) mass is 241 g/mol. The molecule has 16 heavy (non-hydrogen) atoms. The molecule has 0 aliphatic heterocycles. The molecule has 0 aromatic heterocycles. The van der Waals surface area contributed by atoms with E-state index in [2.05, 4.69) is 6.92 Å². The molecule has 0 aliphatic rings. The van der Waals surface area contributed by atoms with Crippen molar-refractivity contribution in [3.05, 3.63) is 28.3 Å². The van der Waals surface area contributed by atoms with Crippen molar-refractivity contribution in [2.75, 3.05) is 7.11 Å². The van der Waals surface area contributed by atoms with Crippen LogP contribution in [-0.2, 0) is 6.42 Å². The van der Waals surface area contributed by atoms with Crippen LogP contribution in [0.4, 0.5) is 0 Å². The Morgan fingerprint density at radius 1 is 1.44 bits per heavy atom. The van der Waals surface area contributed by atoms with Crippen LogP contribution >= 0.6 is 11.6 Å². The SMILES string of the molecule is COc1cc(C)c(CCCC(C)N)cc1Cl. The fraction of sp³-hybridized carbons (Fsp3) is 0.538. The summed E-state index contributed by atoms with van der Waals surface area (Å²) in [5, 5.41) is 0.684. The van der Waals surface area contributed by atoms with Crippen molar-refractivity contribution in [2.24, 2.45) is 5.73 Å². The minimum atomic E-state index is 0.272. The number of hydrogen-bond donors (Lipinski definition) is 1. The minimum Gasteiger partial charge on any atom is -0.495 e. The number of methoxy groups -OCH3 is 1. The first-order valence-electron chi connectivity index (χ1n) is 5.63. The van der Waals surface area contributed by atoms with Crippen molar-refractivity contribution in [3.63, 3.8) is 0 Å². The summed E-state index contributed by atoms with van der Waals surface area (Å²) in [5.74, 6) is 0.745. The number of aryl methyl sites for hydroxylation is 2. The zero-order chi connectivity index (χ0) is 12.1. The first-order valence-corrected chi connectivity index (χ1v) is 6.01. The Morgan fingerprint density at radius 3 is 2.69 bits per heavy atom. The molecule has 0 fully saturated rings. The van der Waals surface area contributed by atoms with Crippen LogP contribution in [0.1, 0.15) is 30.9 Å². The van der Waals surface area contributed by atoms with E-state index in [4.69, 9.17) is 22.1 Å². The van der Waals surface area contributed by atoms with Crippen molar-refractivity contribution in [2.45, 2.75) is 39.2 Å². The number of ether oxygens (including phenoxy) is 1. The lowest BCUT2D eigenvalue weighted by Crippen LogP contribution is -2.14. The second-order valence-corrected chi connectivity index (χ2v) is 4.69. The summed E-state index contributed by atoms with van der Waals surface area (Å²) in [6.07, 6.45) is 3.17. The Hall–Kier alpha value is -0.730. The van der Waals surface area contributed by atoms with Crippen molar-refractivity contribution in [1.82, 2.24) is 0 Å². The van der Waals surface area contributed by atoms with E-state index in [1.165, 1.54) is 11.1 Å². The number of halogens is 1. The fourth-order valence-corrected chi connectivity index (χ4v) is 2.00. The average Bonchev–Trinajstić information content (AvgIpc) is 2.22. The van der Waals surface area contributed by atoms with Crippen LogP contribution in [0, 0.1) is 6.92 Å². The van der Waals surface area contributed by atoms with Gasteiger partial charge in [0.1, 0.15) is 5.75 Å². The summed E-state index contributed by atoms with van der Waals surface area (Å²) in [6.45, 7) is 4.12. The Balaban J connectivity index is 2.70. The van der Waals surface area contributed by atoms with Gasteiger partial charge in [0.15, 0.2) is 0 Å². The molecule has 0 saturated carbocycles. The number of hydrogen-bond acceptors (Lipinski definition) is 2. The molecule has 2 N–H and O–H groups in total. The summed E-state index contributed by atoms with van der Waals surface area (Å²) in [5.41, 5.74) is 8.24. The topological polar surface area (TPSA) is 35.2 Å². The number of rotatable bonds is 5. The van der Waals surface area contributed by atoms with Gasteiger partial charge in [0.05, 0.1) is 12.1 Å².